The number of piperidine rings is 1. The third-order valence-corrected chi connectivity index (χ3v) is 5.36. The Balaban J connectivity index is 1.52. The first kappa shape index (κ1) is 17.6. The molecule has 0 saturated carbocycles. The molecule has 7 heteroatoms. The van der Waals surface area contributed by atoms with E-state index in [1.165, 1.54) is 21.8 Å². The Morgan fingerprint density at radius 2 is 1.96 bits per heavy atom. The minimum atomic E-state index is -0.227. The SMILES string of the molecule is Cc1ccc(-c2csc(NC(=O)C[NH+]3CCC(C(N)=O)CC3)n2)cc1. The largest absolute Gasteiger partial charge is 0.369 e. The lowest BCUT2D eigenvalue weighted by Crippen LogP contribution is -3.14. The predicted octanol–water partition coefficient (Wildman–Crippen LogP) is 0.837. The Bertz CT molecular complexity index is 749. The van der Waals surface area contributed by atoms with Crippen LogP contribution in [0.1, 0.15) is 18.4 Å². The molecule has 1 aliphatic heterocycles. The van der Waals surface area contributed by atoms with Crippen molar-refractivity contribution >= 4 is 28.3 Å². The summed E-state index contributed by atoms with van der Waals surface area (Å²) in [4.78, 5) is 29.1. The van der Waals surface area contributed by atoms with Gasteiger partial charge in [-0.25, -0.2) is 4.98 Å². The van der Waals surface area contributed by atoms with E-state index in [0.29, 0.717) is 11.7 Å². The number of nitrogens with one attached hydrogen (secondary N) is 2. The van der Waals surface area contributed by atoms with E-state index in [-0.39, 0.29) is 17.7 Å². The van der Waals surface area contributed by atoms with Gasteiger partial charge < -0.3 is 10.6 Å². The molecule has 0 aliphatic carbocycles. The van der Waals surface area contributed by atoms with Crippen molar-refractivity contribution in [3.63, 3.8) is 0 Å². The third kappa shape index (κ3) is 4.64. The zero-order chi connectivity index (χ0) is 17.8. The number of benzene rings is 1. The molecule has 6 nitrogen and oxygen atoms in total. The minimum absolute atomic E-state index is 0.0390. The normalized spacial score (nSPS) is 20.2. The fourth-order valence-corrected chi connectivity index (χ4v) is 3.80. The number of anilines is 1. The van der Waals surface area contributed by atoms with E-state index in [1.54, 1.807) is 0 Å². The number of hydrogen-bond acceptors (Lipinski definition) is 4. The van der Waals surface area contributed by atoms with Crippen molar-refractivity contribution < 1.29 is 14.5 Å². The summed E-state index contributed by atoms with van der Waals surface area (Å²) in [5.41, 5.74) is 8.46. The highest BCUT2D eigenvalue weighted by Crippen LogP contribution is 2.24. The number of carbonyl (C=O) groups excluding carboxylic acids is 2. The molecule has 2 amide bonds. The van der Waals surface area contributed by atoms with E-state index in [4.69, 9.17) is 5.73 Å². The Morgan fingerprint density at radius 1 is 1.28 bits per heavy atom. The molecule has 3 rings (SSSR count). The number of carbonyl (C=O) groups is 2. The third-order valence-electron chi connectivity index (χ3n) is 4.60. The summed E-state index contributed by atoms with van der Waals surface area (Å²) in [5.74, 6) is -0.310. The molecule has 1 saturated heterocycles. The number of nitrogens with zero attached hydrogens (tertiary/aromatic N) is 1. The molecule has 1 aromatic carbocycles. The molecule has 25 heavy (non-hydrogen) atoms. The van der Waals surface area contributed by atoms with Gasteiger partial charge in [-0.1, -0.05) is 29.8 Å². The summed E-state index contributed by atoms with van der Waals surface area (Å²) in [5, 5.41) is 5.45. The van der Waals surface area contributed by atoms with Gasteiger partial charge in [0.05, 0.1) is 18.8 Å². The highest BCUT2D eigenvalue weighted by molar-refractivity contribution is 7.14. The van der Waals surface area contributed by atoms with Gasteiger partial charge in [0.15, 0.2) is 11.7 Å². The molecule has 0 bridgehead atoms. The van der Waals surface area contributed by atoms with Crippen molar-refractivity contribution in [3.8, 4) is 11.3 Å². The van der Waals surface area contributed by atoms with Crippen LogP contribution in [0.4, 0.5) is 5.13 Å². The first-order valence-electron chi connectivity index (χ1n) is 8.46. The highest BCUT2D eigenvalue weighted by atomic mass is 32.1. The predicted molar refractivity (Wildman–Crippen MR) is 98.4 cm³/mol. The van der Waals surface area contributed by atoms with Gasteiger partial charge in [0, 0.05) is 29.7 Å². The smallest absolute Gasteiger partial charge is 0.281 e. The number of quaternary nitrogens is 1. The lowest BCUT2D eigenvalue weighted by Gasteiger charge is -2.26. The number of primary amides is 1. The van der Waals surface area contributed by atoms with Crippen LogP contribution in [0.2, 0.25) is 0 Å². The second kappa shape index (κ2) is 7.76. The molecule has 0 atom stereocenters. The topological polar surface area (TPSA) is 89.5 Å². The average Bonchev–Trinajstić information content (AvgIpc) is 3.04. The molecule has 1 aliphatic rings. The summed E-state index contributed by atoms with van der Waals surface area (Å²) < 4.78 is 0. The van der Waals surface area contributed by atoms with Crippen molar-refractivity contribution in [2.24, 2.45) is 11.7 Å². The number of aryl methyl sites for hydroxylation is 1. The van der Waals surface area contributed by atoms with Crippen molar-refractivity contribution in [1.82, 2.24) is 4.98 Å². The molecule has 4 N–H and O–H groups in total. The van der Waals surface area contributed by atoms with Crippen molar-refractivity contribution in [3.05, 3.63) is 35.2 Å². The summed E-state index contributed by atoms with van der Waals surface area (Å²) in [6.07, 6.45) is 1.51. The number of nitrogens with two attached hydrogens (primary N) is 1. The van der Waals surface area contributed by atoms with Gasteiger partial charge in [0.25, 0.3) is 5.91 Å². The zero-order valence-corrected chi connectivity index (χ0v) is 15.1. The van der Waals surface area contributed by atoms with Crippen LogP contribution in [0, 0.1) is 12.8 Å². The number of amides is 2. The van der Waals surface area contributed by atoms with Gasteiger partial charge in [0.2, 0.25) is 5.91 Å². The quantitative estimate of drug-likeness (QED) is 0.739. The van der Waals surface area contributed by atoms with Crippen molar-refractivity contribution in [1.29, 1.82) is 0 Å². The molecule has 0 radical (unpaired) electrons. The Kier molecular flexibility index (Phi) is 5.45. The van der Waals surface area contributed by atoms with Gasteiger partial charge in [0.1, 0.15) is 0 Å². The number of thiazole rings is 1. The van der Waals surface area contributed by atoms with Crippen LogP contribution >= 0.6 is 11.3 Å². The molecular formula is C18H23N4O2S+. The van der Waals surface area contributed by atoms with E-state index in [0.717, 1.165) is 37.2 Å². The van der Waals surface area contributed by atoms with Crippen LogP contribution in [-0.2, 0) is 9.59 Å². The molecule has 2 heterocycles. The van der Waals surface area contributed by atoms with Crippen LogP contribution in [0.25, 0.3) is 11.3 Å². The van der Waals surface area contributed by atoms with Crippen molar-refractivity contribution in [2.45, 2.75) is 19.8 Å². The monoisotopic (exact) mass is 359 g/mol. The van der Waals surface area contributed by atoms with Gasteiger partial charge in [-0.3, -0.25) is 14.9 Å². The fraction of sp³-hybridized carbons (Fsp3) is 0.389. The first-order chi connectivity index (χ1) is 12.0. The van der Waals surface area contributed by atoms with Gasteiger partial charge >= 0.3 is 0 Å². The second-order valence-electron chi connectivity index (χ2n) is 6.56. The van der Waals surface area contributed by atoms with Gasteiger partial charge in [-0.2, -0.15) is 0 Å². The number of rotatable bonds is 5. The summed E-state index contributed by atoms with van der Waals surface area (Å²) in [6, 6.07) is 8.16. The van der Waals surface area contributed by atoms with Crippen LogP contribution in [0.15, 0.2) is 29.6 Å². The van der Waals surface area contributed by atoms with Crippen LogP contribution in [-0.4, -0.2) is 36.4 Å². The second-order valence-corrected chi connectivity index (χ2v) is 7.41. The lowest BCUT2D eigenvalue weighted by atomic mass is 9.96. The Morgan fingerprint density at radius 3 is 2.60 bits per heavy atom. The molecule has 0 spiro atoms. The van der Waals surface area contributed by atoms with E-state index in [2.05, 4.69) is 10.3 Å². The molecule has 1 aromatic heterocycles. The number of aromatic nitrogens is 1. The molecule has 2 aromatic rings. The average molecular weight is 359 g/mol. The van der Waals surface area contributed by atoms with Crippen LogP contribution in [0.3, 0.4) is 0 Å². The maximum absolute atomic E-state index is 12.2. The zero-order valence-electron chi connectivity index (χ0n) is 14.2. The number of likely N-dealkylation sites (tertiary alicyclic amines) is 1. The van der Waals surface area contributed by atoms with Gasteiger partial charge in [-0.05, 0) is 6.92 Å². The maximum Gasteiger partial charge on any atom is 0.281 e. The summed E-state index contributed by atoms with van der Waals surface area (Å²) in [6.45, 7) is 4.04. The fourth-order valence-electron chi connectivity index (χ4n) is 3.07. The Hall–Kier alpha value is -2.25. The molecule has 1 fully saturated rings. The van der Waals surface area contributed by atoms with Crippen LogP contribution < -0.4 is 16.0 Å². The standard InChI is InChI=1S/C18H22N4O2S/c1-12-2-4-13(5-3-12)15-11-25-18(20-15)21-16(23)10-22-8-6-14(7-9-22)17(19)24/h2-5,11,14H,6-10H2,1H3,(H2,19,24)(H,20,21,23)/p+1. The first-order valence-corrected chi connectivity index (χ1v) is 9.34. The molecule has 0 unspecified atom stereocenters. The maximum atomic E-state index is 12.2. The molecular weight excluding hydrogens is 336 g/mol. The van der Waals surface area contributed by atoms with E-state index < -0.39 is 0 Å². The lowest BCUT2D eigenvalue weighted by molar-refractivity contribution is -0.897. The summed E-state index contributed by atoms with van der Waals surface area (Å²) >= 11 is 1.43. The molecule has 132 valence electrons. The van der Waals surface area contributed by atoms with E-state index in [9.17, 15) is 9.59 Å². The Labute approximate surface area is 151 Å². The number of hydrogen-bond donors (Lipinski definition) is 3. The van der Waals surface area contributed by atoms with E-state index >= 15 is 0 Å². The van der Waals surface area contributed by atoms with E-state index in [1.807, 2.05) is 36.6 Å². The van der Waals surface area contributed by atoms with Gasteiger partial charge in [-0.15, -0.1) is 11.3 Å². The van der Waals surface area contributed by atoms with Crippen molar-refractivity contribution in [2.75, 3.05) is 25.0 Å². The minimum Gasteiger partial charge on any atom is -0.369 e. The van der Waals surface area contributed by atoms with Crippen LogP contribution in [0.5, 0.6) is 0 Å². The highest BCUT2D eigenvalue weighted by Gasteiger charge is 2.27. The summed E-state index contributed by atoms with van der Waals surface area (Å²) in [7, 11) is 0.